The molecule has 4 rings (SSSR count). The Balaban J connectivity index is 1.36. The molecule has 1 unspecified atom stereocenters. The Labute approximate surface area is 221 Å². The van der Waals surface area contributed by atoms with Gasteiger partial charge in [-0.15, -0.1) is 0 Å². The van der Waals surface area contributed by atoms with Gasteiger partial charge in [0.05, 0.1) is 6.04 Å². The van der Waals surface area contributed by atoms with Gasteiger partial charge in [-0.25, -0.2) is 0 Å². The van der Waals surface area contributed by atoms with E-state index in [4.69, 9.17) is 23.2 Å². The Bertz CT molecular complexity index is 966. The number of piperidine rings is 1. The number of amides is 1. The SMILES string of the molecule is CN[C@H](Cc1ccc(Cl)cc1)C(=O)N1CCC(c2ccc(Cl)cc2CC(C)CN2CCCC2)CC1. The molecule has 2 atom stereocenters. The summed E-state index contributed by atoms with van der Waals surface area (Å²) < 4.78 is 0. The number of rotatable bonds is 9. The van der Waals surface area contributed by atoms with E-state index in [1.165, 1.54) is 37.1 Å². The van der Waals surface area contributed by atoms with Crippen LogP contribution < -0.4 is 5.32 Å². The maximum absolute atomic E-state index is 13.3. The third-order valence-electron chi connectivity index (χ3n) is 7.69. The first-order chi connectivity index (χ1) is 16.9. The smallest absolute Gasteiger partial charge is 0.240 e. The lowest BCUT2D eigenvalue weighted by Crippen LogP contribution is -2.49. The highest BCUT2D eigenvalue weighted by Gasteiger charge is 2.29. The van der Waals surface area contributed by atoms with E-state index in [1.54, 1.807) is 0 Å². The fourth-order valence-corrected chi connectivity index (χ4v) is 6.12. The van der Waals surface area contributed by atoms with Gasteiger partial charge in [0, 0.05) is 29.7 Å². The van der Waals surface area contributed by atoms with E-state index < -0.39 is 0 Å². The van der Waals surface area contributed by atoms with Crippen molar-refractivity contribution in [3.05, 3.63) is 69.2 Å². The summed E-state index contributed by atoms with van der Waals surface area (Å²) in [5, 5.41) is 4.77. The number of nitrogens with zero attached hydrogens (tertiary/aromatic N) is 2. The topological polar surface area (TPSA) is 35.6 Å². The lowest BCUT2D eigenvalue weighted by atomic mass is 9.84. The zero-order chi connectivity index (χ0) is 24.8. The highest BCUT2D eigenvalue weighted by atomic mass is 35.5. The number of likely N-dealkylation sites (N-methyl/N-ethyl adjacent to an activating group) is 1. The highest BCUT2D eigenvalue weighted by molar-refractivity contribution is 6.30. The van der Waals surface area contributed by atoms with Crippen LogP contribution in [-0.2, 0) is 17.6 Å². The van der Waals surface area contributed by atoms with Crippen molar-refractivity contribution in [1.82, 2.24) is 15.1 Å². The second kappa shape index (κ2) is 12.6. The minimum atomic E-state index is -0.217. The van der Waals surface area contributed by atoms with E-state index in [2.05, 4.69) is 29.3 Å². The molecule has 35 heavy (non-hydrogen) atoms. The van der Waals surface area contributed by atoms with Gasteiger partial charge in [-0.2, -0.15) is 0 Å². The molecule has 2 aliphatic heterocycles. The van der Waals surface area contributed by atoms with Gasteiger partial charge < -0.3 is 15.1 Å². The molecule has 0 aliphatic carbocycles. The molecule has 2 aromatic rings. The standard InChI is InChI=1S/C29H39Cl2N3O/c1-21(20-33-13-3-4-14-33)17-24-19-26(31)9-10-27(24)23-11-15-34(16-12-23)29(35)28(32-2)18-22-5-7-25(30)8-6-22/h5-10,19,21,23,28,32H,3-4,11-18,20H2,1-2H3/t21?,28-/m1/s1. The number of hydrogen-bond donors (Lipinski definition) is 1. The molecule has 0 bridgehead atoms. The van der Waals surface area contributed by atoms with Gasteiger partial charge in [0.2, 0.25) is 5.91 Å². The minimum absolute atomic E-state index is 0.191. The molecule has 190 valence electrons. The van der Waals surface area contributed by atoms with Crippen LogP contribution in [0.5, 0.6) is 0 Å². The quantitative estimate of drug-likeness (QED) is 0.457. The van der Waals surface area contributed by atoms with E-state index in [9.17, 15) is 4.79 Å². The summed E-state index contributed by atoms with van der Waals surface area (Å²) >= 11 is 12.4. The van der Waals surface area contributed by atoms with E-state index in [0.29, 0.717) is 18.3 Å². The second-order valence-electron chi connectivity index (χ2n) is 10.4. The Kier molecular flexibility index (Phi) is 9.52. The summed E-state index contributed by atoms with van der Waals surface area (Å²) in [7, 11) is 1.87. The molecule has 0 saturated carbocycles. The minimum Gasteiger partial charge on any atom is -0.341 e. The number of halogens is 2. The summed E-state index contributed by atoms with van der Waals surface area (Å²) in [4.78, 5) is 17.9. The first-order valence-electron chi connectivity index (χ1n) is 13.1. The maximum atomic E-state index is 13.3. The van der Waals surface area contributed by atoms with Crippen molar-refractivity contribution in [1.29, 1.82) is 0 Å². The molecule has 2 saturated heterocycles. The molecule has 0 spiro atoms. The van der Waals surface area contributed by atoms with Crippen molar-refractivity contribution in [2.24, 2.45) is 5.92 Å². The number of likely N-dealkylation sites (tertiary alicyclic amines) is 2. The number of benzene rings is 2. The summed E-state index contributed by atoms with van der Waals surface area (Å²) in [6.45, 7) is 7.61. The van der Waals surface area contributed by atoms with Crippen molar-refractivity contribution in [2.75, 3.05) is 39.8 Å². The van der Waals surface area contributed by atoms with Gasteiger partial charge in [-0.1, -0.05) is 48.3 Å². The average molecular weight is 517 g/mol. The first kappa shape index (κ1) is 26.5. The van der Waals surface area contributed by atoms with Crippen molar-refractivity contribution in [3.8, 4) is 0 Å². The fraction of sp³-hybridized carbons (Fsp3) is 0.552. The predicted octanol–water partition coefficient (Wildman–Crippen LogP) is 5.80. The number of nitrogens with one attached hydrogen (secondary N) is 1. The van der Waals surface area contributed by atoms with E-state index in [0.717, 1.165) is 54.5 Å². The Morgan fingerprint density at radius 1 is 0.971 bits per heavy atom. The lowest BCUT2D eigenvalue weighted by molar-refractivity contribution is -0.134. The van der Waals surface area contributed by atoms with Crippen LogP contribution >= 0.6 is 23.2 Å². The van der Waals surface area contributed by atoms with Gasteiger partial charge in [-0.3, -0.25) is 4.79 Å². The van der Waals surface area contributed by atoms with Crippen LogP contribution in [0.2, 0.25) is 10.0 Å². The molecule has 1 N–H and O–H groups in total. The normalized spacial score (nSPS) is 19.1. The average Bonchev–Trinajstić information content (AvgIpc) is 3.36. The fourth-order valence-electron chi connectivity index (χ4n) is 5.80. The van der Waals surface area contributed by atoms with Gasteiger partial charge in [0.1, 0.15) is 0 Å². The largest absolute Gasteiger partial charge is 0.341 e. The molecular formula is C29H39Cl2N3O. The summed E-state index contributed by atoms with van der Waals surface area (Å²) in [5.41, 5.74) is 3.94. The van der Waals surface area contributed by atoms with E-state index in [1.807, 2.05) is 42.3 Å². The van der Waals surface area contributed by atoms with Gasteiger partial charge in [0.25, 0.3) is 0 Å². The highest BCUT2D eigenvalue weighted by Crippen LogP contribution is 2.33. The van der Waals surface area contributed by atoms with Crippen LogP contribution in [0.4, 0.5) is 0 Å². The molecule has 2 fully saturated rings. The maximum Gasteiger partial charge on any atom is 0.240 e. The number of hydrogen-bond acceptors (Lipinski definition) is 3. The summed E-state index contributed by atoms with van der Waals surface area (Å²) in [6.07, 6.45) is 6.40. The first-order valence-corrected chi connectivity index (χ1v) is 13.9. The van der Waals surface area contributed by atoms with Crippen LogP contribution in [0.1, 0.15) is 55.2 Å². The van der Waals surface area contributed by atoms with E-state index >= 15 is 0 Å². The monoisotopic (exact) mass is 515 g/mol. The van der Waals surface area contributed by atoms with Gasteiger partial charge in [-0.05, 0) is 111 Å². The molecule has 6 heteroatoms. The van der Waals surface area contributed by atoms with Crippen molar-refractivity contribution in [2.45, 2.75) is 57.4 Å². The number of carbonyl (C=O) groups is 1. The van der Waals surface area contributed by atoms with Gasteiger partial charge in [0.15, 0.2) is 0 Å². The Morgan fingerprint density at radius 2 is 1.63 bits per heavy atom. The second-order valence-corrected chi connectivity index (χ2v) is 11.3. The Morgan fingerprint density at radius 3 is 2.29 bits per heavy atom. The van der Waals surface area contributed by atoms with Crippen LogP contribution in [-0.4, -0.2) is 61.5 Å². The van der Waals surface area contributed by atoms with Crippen molar-refractivity contribution in [3.63, 3.8) is 0 Å². The summed E-state index contributed by atoms with van der Waals surface area (Å²) in [6, 6.07) is 14.0. The molecule has 2 aliphatic rings. The summed E-state index contributed by atoms with van der Waals surface area (Å²) in [5.74, 6) is 1.28. The van der Waals surface area contributed by atoms with Crippen LogP contribution in [0.25, 0.3) is 0 Å². The number of carbonyl (C=O) groups excluding carboxylic acids is 1. The van der Waals surface area contributed by atoms with Crippen molar-refractivity contribution >= 4 is 29.1 Å². The van der Waals surface area contributed by atoms with Crippen LogP contribution in [0, 0.1) is 5.92 Å². The molecule has 2 heterocycles. The predicted molar refractivity (Wildman–Crippen MR) is 147 cm³/mol. The zero-order valence-electron chi connectivity index (χ0n) is 21.1. The third kappa shape index (κ3) is 7.22. The lowest BCUT2D eigenvalue weighted by Gasteiger charge is -2.35. The molecule has 0 radical (unpaired) electrons. The zero-order valence-corrected chi connectivity index (χ0v) is 22.6. The third-order valence-corrected chi connectivity index (χ3v) is 8.18. The molecular weight excluding hydrogens is 477 g/mol. The Hall–Kier alpha value is -1.59. The van der Waals surface area contributed by atoms with Crippen LogP contribution in [0.3, 0.4) is 0 Å². The van der Waals surface area contributed by atoms with Crippen LogP contribution in [0.15, 0.2) is 42.5 Å². The molecule has 4 nitrogen and oxygen atoms in total. The molecule has 0 aromatic heterocycles. The van der Waals surface area contributed by atoms with Crippen molar-refractivity contribution < 1.29 is 4.79 Å². The van der Waals surface area contributed by atoms with E-state index in [-0.39, 0.29) is 11.9 Å². The molecule has 1 amide bonds. The molecule has 2 aromatic carbocycles. The van der Waals surface area contributed by atoms with Gasteiger partial charge >= 0.3 is 0 Å².